The van der Waals surface area contributed by atoms with Crippen LogP contribution in [0.5, 0.6) is 0 Å². The molecule has 25 heavy (non-hydrogen) atoms. The maximum Gasteiger partial charge on any atom is 0.336 e. The standard InChI is InChI=1S/C19H13NO5/c21-19(22)17(13-4-2-1-3-5-13)12-16-10-11-18(25-16)14-6-8-15(9-7-14)20(23)24/h1-12H,(H,21,22)/b17-12+. The molecule has 1 N–H and O–H groups in total. The number of carbonyl (C=O) groups is 1. The summed E-state index contributed by atoms with van der Waals surface area (Å²) < 4.78 is 5.66. The van der Waals surface area contributed by atoms with Gasteiger partial charge in [0.1, 0.15) is 11.5 Å². The van der Waals surface area contributed by atoms with Crippen LogP contribution in [0.15, 0.2) is 71.1 Å². The molecule has 1 aromatic heterocycles. The van der Waals surface area contributed by atoms with Gasteiger partial charge in [-0.2, -0.15) is 0 Å². The highest BCUT2D eigenvalue weighted by molar-refractivity contribution is 6.20. The summed E-state index contributed by atoms with van der Waals surface area (Å²) in [5.41, 5.74) is 1.35. The third-order valence-corrected chi connectivity index (χ3v) is 3.59. The number of furan rings is 1. The predicted molar refractivity (Wildman–Crippen MR) is 92.7 cm³/mol. The summed E-state index contributed by atoms with van der Waals surface area (Å²) >= 11 is 0. The lowest BCUT2D eigenvalue weighted by molar-refractivity contribution is -0.384. The fourth-order valence-corrected chi connectivity index (χ4v) is 2.36. The first-order valence-corrected chi connectivity index (χ1v) is 7.39. The molecule has 0 amide bonds. The molecule has 0 atom stereocenters. The van der Waals surface area contributed by atoms with Crippen molar-refractivity contribution in [3.63, 3.8) is 0 Å². The van der Waals surface area contributed by atoms with E-state index >= 15 is 0 Å². The largest absolute Gasteiger partial charge is 0.478 e. The number of carboxylic acid groups (broad SMARTS) is 1. The van der Waals surface area contributed by atoms with Gasteiger partial charge in [0.2, 0.25) is 0 Å². The van der Waals surface area contributed by atoms with Crippen LogP contribution in [0, 0.1) is 10.1 Å². The highest BCUT2D eigenvalue weighted by Gasteiger charge is 2.12. The lowest BCUT2D eigenvalue weighted by Gasteiger charge is -2.01. The van der Waals surface area contributed by atoms with E-state index in [0.29, 0.717) is 22.6 Å². The Morgan fingerprint density at radius 1 is 1.00 bits per heavy atom. The van der Waals surface area contributed by atoms with Crippen LogP contribution in [0.2, 0.25) is 0 Å². The molecular weight excluding hydrogens is 322 g/mol. The zero-order valence-corrected chi connectivity index (χ0v) is 13.0. The van der Waals surface area contributed by atoms with Crippen LogP contribution in [0.4, 0.5) is 5.69 Å². The number of hydrogen-bond acceptors (Lipinski definition) is 4. The minimum absolute atomic E-state index is 0.00679. The second kappa shape index (κ2) is 6.84. The van der Waals surface area contributed by atoms with Gasteiger partial charge in [0.15, 0.2) is 0 Å². The second-order valence-electron chi connectivity index (χ2n) is 5.24. The van der Waals surface area contributed by atoms with Crippen LogP contribution in [0.1, 0.15) is 11.3 Å². The van der Waals surface area contributed by atoms with Crippen molar-refractivity contribution in [2.75, 3.05) is 0 Å². The molecule has 0 radical (unpaired) electrons. The monoisotopic (exact) mass is 335 g/mol. The van der Waals surface area contributed by atoms with E-state index in [-0.39, 0.29) is 11.3 Å². The summed E-state index contributed by atoms with van der Waals surface area (Å²) in [5.74, 6) is -0.173. The molecule has 0 bridgehead atoms. The number of hydrogen-bond donors (Lipinski definition) is 1. The first-order chi connectivity index (χ1) is 12.0. The Balaban J connectivity index is 1.92. The molecule has 124 valence electrons. The molecular formula is C19H13NO5. The van der Waals surface area contributed by atoms with E-state index in [1.807, 2.05) is 6.07 Å². The van der Waals surface area contributed by atoms with Crippen LogP contribution in [0.3, 0.4) is 0 Å². The van der Waals surface area contributed by atoms with Crippen LogP contribution in [-0.4, -0.2) is 16.0 Å². The van der Waals surface area contributed by atoms with Crippen molar-refractivity contribution in [3.05, 3.63) is 88.2 Å². The summed E-state index contributed by atoms with van der Waals surface area (Å²) in [6, 6.07) is 18.0. The second-order valence-corrected chi connectivity index (χ2v) is 5.24. The normalized spacial score (nSPS) is 11.3. The van der Waals surface area contributed by atoms with Crippen molar-refractivity contribution in [1.29, 1.82) is 0 Å². The van der Waals surface area contributed by atoms with E-state index in [9.17, 15) is 20.0 Å². The van der Waals surface area contributed by atoms with Crippen molar-refractivity contribution in [2.45, 2.75) is 0 Å². The summed E-state index contributed by atoms with van der Waals surface area (Å²) in [6.07, 6.45) is 1.45. The van der Waals surface area contributed by atoms with E-state index in [1.165, 1.54) is 18.2 Å². The molecule has 0 aliphatic rings. The van der Waals surface area contributed by atoms with Crippen molar-refractivity contribution < 1.29 is 19.2 Å². The van der Waals surface area contributed by atoms with E-state index in [1.54, 1.807) is 48.5 Å². The number of carboxylic acids is 1. The molecule has 0 saturated heterocycles. The first kappa shape index (κ1) is 16.2. The fraction of sp³-hybridized carbons (Fsp3) is 0. The van der Waals surface area contributed by atoms with Gasteiger partial charge in [0.25, 0.3) is 5.69 Å². The van der Waals surface area contributed by atoms with Gasteiger partial charge in [-0.25, -0.2) is 4.79 Å². The number of nitro benzene ring substituents is 1. The number of nitrogens with zero attached hydrogens (tertiary/aromatic N) is 1. The van der Waals surface area contributed by atoms with Gasteiger partial charge in [-0.3, -0.25) is 10.1 Å². The molecule has 0 aliphatic heterocycles. The number of benzene rings is 2. The van der Waals surface area contributed by atoms with Gasteiger partial charge in [0.05, 0.1) is 10.5 Å². The molecule has 3 aromatic rings. The molecule has 1 heterocycles. The van der Waals surface area contributed by atoms with Gasteiger partial charge in [-0.1, -0.05) is 30.3 Å². The zero-order valence-electron chi connectivity index (χ0n) is 13.0. The van der Waals surface area contributed by atoms with Gasteiger partial charge in [-0.15, -0.1) is 0 Å². The molecule has 6 nitrogen and oxygen atoms in total. The zero-order chi connectivity index (χ0) is 17.8. The fourth-order valence-electron chi connectivity index (χ4n) is 2.36. The van der Waals surface area contributed by atoms with Crippen molar-refractivity contribution in [2.24, 2.45) is 0 Å². The van der Waals surface area contributed by atoms with Crippen LogP contribution >= 0.6 is 0 Å². The Morgan fingerprint density at radius 3 is 2.28 bits per heavy atom. The molecule has 0 spiro atoms. The SMILES string of the molecule is O=C(O)/C(=C/c1ccc(-c2ccc([N+](=O)[O-])cc2)o1)c1ccccc1. The lowest BCUT2D eigenvalue weighted by Crippen LogP contribution is -1.99. The first-order valence-electron chi connectivity index (χ1n) is 7.39. The highest BCUT2D eigenvalue weighted by Crippen LogP contribution is 2.27. The Hall–Kier alpha value is -3.67. The quantitative estimate of drug-likeness (QED) is 0.421. The van der Waals surface area contributed by atoms with Gasteiger partial charge >= 0.3 is 5.97 Å². The molecule has 3 rings (SSSR count). The van der Waals surface area contributed by atoms with Gasteiger partial charge < -0.3 is 9.52 Å². The van der Waals surface area contributed by atoms with Gasteiger partial charge in [0, 0.05) is 17.7 Å². The maximum absolute atomic E-state index is 11.5. The molecule has 0 saturated carbocycles. The molecule has 0 aliphatic carbocycles. The minimum Gasteiger partial charge on any atom is -0.478 e. The van der Waals surface area contributed by atoms with Crippen molar-refractivity contribution >= 4 is 23.3 Å². The molecule has 6 heteroatoms. The van der Waals surface area contributed by atoms with Crippen molar-refractivity contribution in [3.8, 4) is 11.3 Å². The number of non-ortho nitro benzene ring substituents is 1. The molecule has 0 fully saturated rings. The average Bonchev–Trinajstić information content (AvgIpc) is 3.09. The van der Waals surface area contributed by atoms with E-state index in [2.05, 4.69) is 0 Å². The van der Waals surface area contributed by atoms with E-state index < -0.39 is 10.9 Å². The Labute approximate surface area is 142 Å². The summed E-state index contributed by atoms with van der Waals surface area (Å²) in [6.45, 7) is 0. The third-order valence-electron chi connectivity index (χ3n) is 3.59. The maximum atomic E-state index is 11.5. The van der Waals surface area contributed by atoms with E-state index in [4.69, 9.17) is 4.42 Å². The van der Waals surface area contributed by atoms with Crippen LogP contribution in [-0.2, 0) is 4.79 Å². The number of nitro groups is 1. The minimum atomic E-state index is -1.06. The third kappa shape index (κ3) is 3.64. The Bertz CT molecular complexity index is 939. The summed E-state index contributed by atoms with van der Waals surface area (Å²) in [5, 5.41) is 20.1. The topological polar surface area (TPSA) is 93.6 Å². The Morgan fingerprint density at radius 2 is 1.68 bits per heavy atom. The highest BCUT2D eigenvalue weighted by atomic mass is 16.6. The molecule has 0 unspecified atom stereocenters. The lowest BCUT2D eigenvalue weighted by atomic mass is 10.1. The number of aliphatic carboxylic acids is 1. The summed E-state index contributed by atoms with van der Waals surface area (Å²) in [4.78, 5) is 21.7. The predicted octanol–water partition coefficient (Wildman–Crippen LogP) is 4.48. The smallest absolute Gasteiger partial charge is 0.336 e. The Kier molecular flexibility index (Phi) is 4.43. The molecule has 2 aromatic carbocycles. The van der Waals surface area contributed by atoms with Crippen LogP contribution < -0.4 is 0 Å². The number of rotatable bonds is 5. The van der Waals surface area contributed by atoms with E-state index in [0.717, 1.165) is 0 Å². The van der Waals surface area contributed by atoms with Gasteiger partial charge in [-0.05, 0) is 35.9 Å². The summed E-state index contributed by atoms with van der Waals surface area (Å²) in [7, 11) is 0. The van der Waals surface area contributed by atoms with Crippen LogP contribution in [0.25, 0.3) is 23.0 Å². The van der Waals surface area contributed by atoms with Crippen molar-refractivity contribution in [1.82, 2.24) is 0 Å². The average molecular weight is 335 g/mol.